The minimum atomic E-state index is -0.0653. The molecule has 616 valence electrons. The second kappa shape index (κ2) is 49.4. The molecule has 17 heteroatoms. The number of methoxy groups -OCH3 is 1. The van der Waals surface area contributed by atoms with Gasteiger partial charge in [-0.3, -0.25) is 48.4 Å². The van der Waals surface area contributed by atoms with Gasteiger partial charge in [0.2, 0.25) is 0 Å². The summed E-state index contributed by atoms with van der Waals surface area (Å²) in [5, 5.41) is 9.12. The zero-order valence-electron chi connectivity index (χ0n) is 71.4. The summed E-state index contributed by atoms with van der Waals surface area (Å²) in [6, 6.07) is 77.9. The molecule has 2 fully saturated rings. The van der Waals surface area contributed by atoms with E-state index >= 15 is 0 Å². The molecule has 0 radical (unpaired) electrons. The van der Waals surface area contributed by atoms with Gasteiger partial charge in [-0.05, 0) is 199 Å². The number of anilines is 2. The van der Waals surface area contributed by atoms with Crippen LogP contribution in [0.5, 0.6) is 0 Å². The largest absolute Gasteiger partial charge is 0.383 e. The van der Waals surface area contributed by atoms with Crippen molar-refractivity contribution < 1.29 is 33.5 Å². The van der Waals surface area contributed by atoms with Gasteiger partial charge in [-0.25, -0.2) is 0 Å². The van der Waals surface area contributed by atoms with Gasteiger partial charge in [0.05, 0.1) is 6.61 Å². The van der Waals surface area contributed by atoms with Gasteiger partial charge < -0.3 is 35.9 Å². The highest BCUT2D eigenvalue weighted by atomic mass is 16.5. The number of fused-ring (bicyclic) bond motifs is 1. The number of benzene rings is 9. The summed E-state index contributed by atoms with van der Waals surface area (Å²) in [6.45, 7) is 33.4. The van der Waals surface area contributed by atoms with Crippen LogP contribution in [-0.2, 0) is 50.6 Å². The van der Waals surface area contributed by atoms with E-state index in [1.165, 1.54) is 83.2 Å². The normalized spacial score (nSPS) is 13.0. The first kappa shape index (κ1) is 92.7. The summed E-state index contributed by atoms with van der Waals surface area (Å²) in [7, 11) is 6.70. The fourth-order valence-electron chi connectivity index (χ4n) is 14.4. The van der Waals surface area contributed by atoms with Gasteiger partial charge in [0.25, 0.3) is 17.7 Å². The van der Waals surface area contributed by atoms with E-state index in [1.807, 2.05) is 178 Å². The van der Waals surface area contributed by atoms with Gasteiger partial charge in [0.15, 0.2) is 17.3 Å². The lowest BCUT2D eigenvalue weighted by atomic mass is 10.1. The van der Waals surface area contributed by atoms with E-state index in [9.17, 15) is 28.8 Å². The molecule has 0 spiro atoms. The van der Waals surface area contributed by atoms with Crippen LogP contribution in [-0.4, -0.2) is 145 Å². The number of nitrogens with one attached hydrogen (secondary N) is 3. The van der Waals surface area contributed by atoms with Crippen molar-refractivity contribution in [2.75, 3.05) is 72.5 Å². The van der Waals surface area contributed by atoms with Crippen LogP contribution in [0.15, 0.2) is 231 Å². The minimum Gasteiger partial charge on any atom is -0.383 e. The predicted octanol–water partition coefficient (Wildman–Crippen LogP) is 18.8. The number of ether oxygens (including phenoxy) is 1. The van der Waals surface area contributed by atoms with Gasteiger partial charge in [-0.1, -0.05) is 198 Å². The molecule has 9 aromatic carbocycles. The number of para-hydroxylation sites is 3. The van der Waals surface area contributed by atoms with Crippen LogP contribution in [0.1, 0.15) is 214 Å². The molecule has 0 aliphatic carbocycles. The third-order valence-electron chi connectivity index (χ3n) is 21.3. The molecule has 12 rings (SSSR count). The van der Waals surface area contributed by atoms with Crippen molar-refractivity contribution in [3.05, 3.63) is 309 Å². The van der Waals surface area contributed by atoms with Crippen molar-refractivity contribution in [1.82, 2.24) is 40.1 Å². The lowest BCUT2D eigenvalue weighted by molar-refractivity contribution is 0.0955. The van der Waals surface area contributed by atoms with Gasteiger partial charge in [0, 0.05) is 173 Å². The molecular weight excluding hydrogens is 1440 g/mol. The second-order valence-corrected chi connectivity index (χ2v) is 29.9. The SMILES string of the molecule is CCC(=O)c1ccc(CN(C(C)C)C(C)C)cc1.CCC(=O)c1ccc(CN(CC)CC)cc1.CCC(=O)c1ccc(CN2CCC[C@H]2COC)cc1.CNC(=O)c1ccc(CN(c2ccccc2)c2ccccc2)cc1.CNC(=O)c1ccc(CN2CCCC2)cc1.CNC(=O)c1ccc(Cn2c(C)c(CN)c3ccccc32)cc1. The van der Waals surface area contributed by atoms with Gasteiger partial charge in [-0.15, -0.1) is 0 Å². The van der Waals surface area contributed by atoms with Gasteiger partial charge in [-0.2, -0.15) is 0 Å². The Balaban J connectivity index is 0.000000194. The average molecular weight is 1570 g/mol. The first-order valence-corrected chi connectivity index (χ1v) is 41.5. The maximum absolute atomic E-state index is 11.7. The maximum Gasteiger partial charge on any atom is 0.251 e. The Labute approximate surface area is 692 Å². The fraction of sp³-hybridized carbons (Fsp3) is 0.374. The zero-order valence-corrected chi connectivity index (χ0v) is 71.4. The minimum absolute atomic E-state index is 0.0206. The second-order valence-electron chi connectivity index (χ2n) is 29.9. The average Bonchev–Trinajstić information content (AvgIpc) is 1.62. The summed E-state index contributed by atoms with van der Waals surface area (Å²) < 4.78 is 7.56. The molecule has 0 saturated carbocycles. The third-order valence-corrected chi connectivity index (χ3v) is 21.3. The molecular formula is C99H128N10O7. The summed E-state index contributed by atoms with van der Waals surface area (Å²) >= 11 is 0. The molecule has 1 atom stereocenters. The van der Waals surface area contributed by atoms with E-state index in [0.717, 1.165) is 110 Å². The molecule has 2 aliphatic heterocycles. The number of nitrogens with zero attached hydrogens (tertiary/aromatic N) is 6. The maximum atomic E-state index is 11.7. The molecule has 2 saturated heterocycles. The van der Waals surface area contributed by atoms with Crippen LogP contribution >= 0.6 is 0 Å². The summed E-state index contributed by atoms with van der Waals surface area (Å²) in [5.74, 6) is 0.493. The Morgan fingerprint density at radius 2 is 0.810 bits per heavy atom. The van der Waals surface area contributed by atoms with E-state index in [-0.39, 0.29) is 35.1 Å². The molecule has 2 aliphatic rings. The molecule has 5 N–H and O–H groups in total. The molecule has 116 heavy (non-hydrogen) atoms. The first-order valence-electron chi connectivity index (χ1n) is 41.5. The zero-order chi connectivity index (χ0) is 83.9. The number of nitrogens with two attached hydrogens (primary N) is 1. The summed E-state index contributed by atoms with van der Waals surface area (Å²) in [4.78, 5) is 81.2. The Hall–Kier alpha value is -10.5. The number of hydrogen-bond acceptors (Lipinski definition) is 13. The van der Waals surface area contributed by atoms with Crippen molar-refractivity contribution in [1.29, 1.82) is 0 Å². The number of ketones is 3. The number of carbonyl (C=O) groups is 6. The highest BCUT2D eigenvalue weighted by Crippen LogP contribution is 2.30. The van der Waals surface area contributed by atoms with E-state index in [4.69, 9.17) is 10.5 Å². The number of hydrogen-bond donors (Lipinski definition) is 4. The first-order chi connectivity index (χ1) is 56.1. The van der Waals surface area contributed by atoms with Crippen molar-refractivity contribution >= 4 is 57.3 Å². The monoisotopic (exact) mass is 1570 g/mol. The van der Waals surface area contributed by atoms with Gasteiger partial charge in [0.1, 0.15) is 0 Å². The molecule has 3 amide bonds. The van der Waals surface area contributed by atoms with E-state index in [1.54, 1.807) is 28.3 Å². The smallest absolute Gasteiger partial charge is 0.251 e. The van der Waals surface area contributed by atoms with Crippen LogP contribution < -0.4 is 26.6 Å². The van der Waals surface area contributed by atoms with Crippen LogP contribution in [0.4, 0.5) is 11.4 Å². The van der Waals surface area contributed by atoms with Crippen molar-refractivity contribution in [2.45, 2.75) is 178 Å². The predicted molar refractivity (Wildman–Crippen MR) is 477 cm³/mol. The van der Waals surface area contributed by atoms with Crippen LogP contribution in [0.25, 0.3) is 10.9 Å². The van der Waals surface area contributed by atoms with Crippen LogP contribution in [0.2, 0.25) is 0 Å². The lowest BCUT2D eigenvalue weighted by Crippen LogP contribution is -2.36. The van der Waals surface area contributed by atoms with E-state index < -0.39 is 0 Å². The fourth-order valence-corrected chi connectivity index (χ4v) is 14.4. The van der Waals surface area contributed by atoms with E-state index in [2.05, 4.69) is 166 Å². The topological polar surface area (TPSA) is 195 Å². The molecule has 0 bridgehead atoms. The van der Waals surface area contributed by atoms with Crippen LogP contribution in [0.3, 0.4) is 0 Å². The highest BCUT2D eigenvalue weighted by molar-refractivity contribution is 5.98. The Kier molecular flexibility index (Phi) is 39.5. The van der Waals surface area contributed by atoms with Crippen molar-refractivity contribution in [2.24, 2.45) is 5.73 Å². The van der Waals surface area contributed by atoms with Crippen LogP contribution in [0, 0.1) is 6.92 Å². The Morgan fingerprint density at radius 3 is 1.20 bits per heavy atom. The molecule has 10 aromatic rings. The summed E-state index contributed by atoms with van der Waals surface area (Å²) in [5.41, 5.74) is 23.8. The highest BCUT2D eigenvalue weighted by Gasteiger charge is 2.25. The number of amides is 3. The third kappa shape index (κ3) is 28.7. The van der Waals surface area contributed by atoms with E-state index in [0.29, 0.717) is 55.1 Å². The standard InChI is InChI=1S/C21H20N2O.C19H21N3O.C16H23NO2.C16H25NO.C14H21NO.C13H18N2O/c1-22-21(24)18-14-12-17(13-15-18)16-23(19-8-4-2-5-9-19)20-10-6-3-7-11-20;1-13-17(11-20)16-5-3-4-6-18(16)22(13)12-14-7-9-15(10-8-14)19(23)21-2;1-3-16(18)14-8-6-13(7-9-14)11-17-10-4-5-15(17)12-19-2;1-6-16(18)15-9-7-14(8-10-15)11-17(12(2)3)13(4)5;1-4-14(16)13-9-7-12(8-10-13)11-15(5-2)6-3;1-14-13(16)12-6-4-11(5-7-12)10-15-8-2-3-9-15/h2-15H,16H2,1H3,(H,22,24);3-10H,11-12,20H2,1-2H3,(H,21,23);6-9,15H,3-5,10-12H2,1-2H3;7-10,12-13H,6,11H2,1-5H3;7-10H,4-6,11H2,1-3H3;4-7H,2-3,8-10H2,1H3,(H,14,16)/t;;15-;;;/m..0.../s1. The number of rotatable bonds is 30. The number of carbonyl (C=O) groups excluding carboxylic acids is 6. The Bertz CT molecular complexity index is 4470. The number of Topliss-reactive ketones (excluding diaryl/α,β-unsaturated/α-hetero) is 3. The van der Waals surface area contributed by atoms with Gasteiger partial charge >= 0.3 is 0 Å². The molecule has 1 aromatic heterocycles. The van der Waals surface area contributed by atoms with Crippen molar-refractivity contribution in [3.8, 4) is 0 Å². The quantitative estimate of drug-likeness (QED) is 0.0311. The molecule has 3 heterocycles. The Morgan fingerprint density at radius 1 is 0.440 bits per heavy atom. The molecule has 17 nitrogen and oxygen atoms in total. The number of aromatic nitrogens is 1. The number of likely N-dealkylation sites (tertiary alicyclic amines) is 2. The molecule has 0 unspecified atom stereocenters. The lowest BCUT2D eigenvalue weighted by Gasteiger charge is -2.30. The summed E-state index contributed by atoms with van der Waals surface area (Å²) in [6.07, 6.45) is 6.83. The van der Waals surface area contributed by atoms with Crippen molar-refractivity contribution in [3.63, 3.8) is 0 Å².